The highest BCUT2D eigenvalue weighted by molar-refractivity contribution is 9.10. The van der Waals surface area contributed by atoms with Crippen molar-refractivity contribution in [3.8, 4) is 0 Å². The second-order valence-electron chi connectivity index (χ2n) is 9.60. The lowest BCUT2D eigenvalue weighted by molar-refractivity contribution is -0.140. The number of benzene rings is 1. The Morgan fingerprint density at radius 1 is 1.08 bits per heavy atom. The Bertz CT molecular complexity index is 958. The van der Waals surface area contributed by atoms with Crippen LogP contribution >= 0.6 is 26.7 Å². The van der Waals surface area contributed by atoms with Crippen molar-refractivity contribution < 1.29 is 23.4 Å². The van der Waals surface area contributed by atoms with Gasteiger partial charge < -0.3 is 16.0 Å². The second-order valence-corrected chi connectivity index (χ2v) is 14.0. The Morgan fingerprint density at radius 2 is 1.78 bits per heavy atom. The lowest BCUT2D eigenvalue weighted by atomic mass is 9.99. The quantitative estimate of drug-likeness (QED) is 0.158. The molecule has 2 rings (SSSR count). The van der Waals surface area contributed by atoms with Crippen LogP contribution in [0.5, 0.6) is 0 Å². The number of rotatable bonds is 15. The molecule has 206 valence electrons. The van der Waals surface area contributed by atoms with Crippen molar-refractivity contribution in [1.29, 1.82) is 0 Å². The second kappa shape index (κ2) is 16.3. The summed E-state index contributed by atoms with van der Waals surface area (Å²) >= 11 is 3.38. The Balaban J connectivity index is 2.01. The van der Waals surface area contributed by atoms with E-state index in [0.29, 0.717) is 19.4 Å². The van der Waals surface area contributed by atoms with Gasteiger partial charge in [0, 0.05) is 34.9 Å². The highest BCUT2D eigenvalue weighted by Gasteiger charge is 2.30. The molecule has 0 aliphatic carbocycles. The zero-order valence-corrected chi connectivity index (χ0v) is 24.9. The summed E-state index contributed by atoms with van der Waals surface area (Å²) in [5, 5.41) is 8.26. The van der Waals surface area contributed by atoms with Crippen molar-refractivity contribution in [2.45, 2.75) is 83.1 Å². The van der Waals surface area contributed by atoms with Gasteiger partial charge in [-0.15, -0.1) is 0 Å². The molecule has 3 N–H and O–H groups in total. The molecule has 1 saturated heterocycles. The van der Waals surface area contributed by atoms with Gasteiger partial charge in [-0.05, 0) is 56.2 Å². The molecule has 1 aliphatic heterocycles. The van der Waals surface area contributed by atoms with Gasteiger partial charge in [-0.1, -0.05) is 59.1 Å². The number of unbranched alkanes of at least 4 members (excludes halogenated alkanes) is 1. The van der Waals surface area contributed by atoms with Crippen molar-refractivity contribution in [2.75, 3.05) is 12.3 Å². The van der Waals surface area contributed by atoms with E-state index < -0.39 is 39.5 Å². The maximum absolute atomic E-state index is 13.2. The molecule has 1 aliphatic rings. The first-order chi connectivity index (χ1) is 17.6. The van der Waals surface area contributed by atoms with Crippen LogP contribution in [0.3, 0.4) is 0 Å². The summed E-state index contributed by atoms with van der Waals surface area (Å²) in [7, 11) is 0.673. The molecule has 1 fully saturated rings. The Labute approximate surface area is 234 Å². The fourth-order valence-corrected chi connectivity index (χ4v) is 7.82. The standard InChI is InChI=1S/C26H38BrN3O5S2/c1-4-28-26(34)24(32)21(16-18-9-11-19(27)12-10-18)30-25(33)22(15-17(2)3)29-23(31)8-6-5-7-20-13-14-36-37(20)35/h9-12,17,20-22H,4-8,13-16H2,1-3H3,(H,28,34)(H,29,31)(H,30,33)/t20?,21-,22-,37?/m0/s1. The summed E-state index contributed by atoms with van der Waals surface area (Å²) in [6.45, 7) is 5.91. The monoisotopic (exact) mass is 615 g/mol. The Morgan fingerprint density at radius 3 is 2.38 bits per heavy atom. The summed E-state index contributed by atoms with van der Waals surface area (Å²) in [5.41, 5.74) is 0.789. The van der Waals surface area contributed by atoms with E-state index in [-0.39, 0.29) is 29.9 Å². The molecule has 0 spiro atoms. The Kier molecular flexibility index (Phi) is 13.9. The zero-order valence-electron chi connectivity index (χ0n) is 21.7. The number of hydrogen-bond acceptors (Lipinski definition) is 6. The van der Waals surface area contributed by atoms with Gasteiger partial charge in [0.25, 0.3) is 5.91 Å². The predicted molar refractivity (Wildman–Crippen MR) is 152 cm³/mol. The molecule has 8 nitrogen and oxygen atoms in total. The molecular weight excluding hydrogens is 578 g/mol. The first kappa shape index (κ1) is 31.5. The minimum atomic E-state index is -1.06. The van der Waals surface area contributed by atoms with Crippen molar-refractivity contribution in [3.05, 3.63) is 34.3 Å². The Hall–Kier alpha value is -1.72. The van der Waals surface area contributed by atoms with Crippen LogP contribution in [-0.2, 0) is 35.4 Å². The van der Waals surface area contributed by atoms with Crippen molar-refractivity contribution in [3.63, 3.8) is 0 Å². The molecule has 1 heterocycles. The number of carbonyl (C=O) groups excluding carboxylic acids is 4. The lowest BCUT2D eigenvalue weighted by Crippen LogP contribution is -2.54. The van der Waals surface area contributed by atoms with Crippen LogP contribution in [0.4, 0.5) is 0 Å². The molecule has 0 saturated carbocycles. The van der Waals surface area contributed by atoms with E-state index >= 15 is 0 Å². The minimum Gasteiger partial charge on any atom is -0.350 e. The smallest absolute Gasteiger partial charge is 0.289 e. The summed E-state index contributed by atoms with van der Waals surface area (Å²) < 4.78 is 12.7. The van der Waals surface area contributed by atoms with Crippen LogP contribution in [0.1, 0.15) is 64.9 Å². The third-order valence-electron chi connectivity index (χ3n) is 6.00. The fourth-order valence-electron chi connectivity index (χ4n) is 4.07. The van der Waals surface area contributed by atoms with Crippen molar-refractivity contribution in [1.82, 2.24) is 16.0 Å². The third kappa shape index (κ3) is 11.3. The van der Waals surface area contributed by atoms with Gasteiger partial charge in [-0.25, -0.2) is 4.21 Å². The fraction of sp³-hybridized carbons (Fsp3) is 0.615. The van der Waals surface area contributed by atoms with Crippen molar-refractivity contribution >= 4 is 60.1 Å². The number of halogens is 1. The average Bonchev–Trinajstić information content (AvgIpc) is 3.26. The van der Waals surface area contributed by atoms with Crippen LogP contribution in [0.25, 0.3) is 0 Å². The van der Waals surface area contributed by atoms with Crippen LogP contribution in [-0.4, -0.2) is 57.3 Å². The average molecular weight is 617 g/mol. The molecule has 0 bridgehead atoms. The molecule has 0 aromatic heterocycles. The van der Waals surface area contributed by atoms with Gasteiger partial charge in [0.2, 0.25) is 17.6 Å². The van der Waals surface area contributed by atoms with E-state index in [1.807, 2.05) is 38.1 Å². The number of nitrogens with one attached hydrogen (secondary N) is 3. The van der Waals surface area contributed by atoms with E-state index in [0.717, 1.165) is 35.1 Å². The van der Waals surface area contributed by atoms with Crippen LogP contribution in [0.15, 0.2) is 28.7 Å². The topological polar surface area (TPSA) is 121 Å². The molecular formula is C26H38BrN3O5S2. The maximum Gasteiger partial charge on any atom is 0.289 e. The molecule has 4 atom stereocenters. The molecule has 1 aromatic carbocycles. The summed E-state index contributed by atoms with van der Waals surface area (Å²) in [6, 6.07) is 5.42. The normalized spacial score (nSPS) is 18.7. The summed E-state index contributed by atoms with van der Waals surface area (Å²) in [6.07, 6.45) is 4.08. The van der Waals surface area contributed by atoms with Gasteiger partial charge in [0.15, 0.2) is 0 Å². The van der Waals surface area contributed by atoms with Gasteiger partial charge in [-0.3, -0.25) is 19.2 Å². The predicted octanol–water partition coefficient (Wildman–Crippen LogP) is 3.44. The zero-order chi connectivity index (χ0) is 27.4. The maximum atomic E-state index is 13.2. The highest BCUT2D eigenvalue weighted by Crippen LogP contribution is 2.29. The number of carbonyl (C=O) groups is 4. The first-order valence-electron chi connectivity index (χ1n) is 12.8. The summed E-state index contributed by atoms with van der Waals surface area (Å²) in [4.78, 5) is 51.0. The summed E-state index contributed by atoms with van der Waals surface area (Å²) in [5.74, 6) is -1.15. The van der Waals surface area contributed by atoms with Crippen molar-refractivity contribution in [2.24, 2.45) is 5.92 Å². The van der Waals surface area contributed by atoms with E-state index in [9.17, 15) is 23.4 Å². The number of amides is 3. The molecule has 2 unspecified atom stereocenters. The van der Waals surface area contributed by atoms with Crippen LogP contribution in [0.2, 0.25) is 0 Å². The van der Waals surface area contributed by atoms with Crippen LogP contribution in [0, 0.1) is 5.92 Å². The largest absolute Gasteiger partial charge is 0.350 e. The van der Waals surface area contributed by atoms with E-state index in [2.05, 4.69) is 31.9 Å². The first-order valence-corrected chi connectivity index (χ1v) is 16.3. The SMILES string of the molecule is CCNC(=O)C(=O)[C@H](Cc1ccc(Br)cc1)NC(=O)[C@H](CC(C)C)NC(=O)CCCCC1CCSS1=O. The molecule has 1 aromatic rings. The third-order valence-corrected chi connectivity index (χ3v) is 10.2. The molecule has 3 amide bonds. The van der Waals surface area contributed by atoms with Crippen LogP contribution < -0.4 is 16.0 Å². The van der Waals surface area contributed by atoms with Gasteiger partial charge in [0.05, 0.1) is 9.83 Å². The van der Waals surface area contributed by atoms with Gasteiger partial charge in [0.1, 0.15) is 12.1 Å². The lowest BCUT2D eigenvalue weighted by Gasteiger charge is -2.24. The number of hydrogen-bond donors (Lipinski definition) is 3. The molecule has 11 heteroatoms. The molecule has 0 radical (unpaired) electrons. The highest BCUT2D eigenvalue weighted by atomic mass is 79.9. The molecule has 37 heavy (non-hydrogen) atoms. The number of ketones is 1. The number of likely N-dealkylation sites (N-methyl/N-ethyl adjacent to an activating group) is 1. The van der Waals surface area contributed by atoms with E-state index in [1.54, 1.807) is 6.92 Å². The number of Topliss-reactive ketones (excluding diaryl/α,β-unsaturated/α-hetero) is 1. The minimum absolute atomic E-state index is 0.120. The van der Waals surface area contributed by atoms with E-state index in [4.69, 9.17) is 0 Å². The van der Waals surface area contributed by atoms with Gasteiger partial charge in [-0.2, -0.15) is 0 Å². The van der Waals surface area contributed by atoms with Gasteiger partial charge >= 0.3 is 0 Å². The van der Waals surface area contributed by atoms with E-state index in [1.165, 1.54) is 10.8 Å².